The van der Waals surface area contributed by atoms with E-state index in [0.29, 0.717) is 30.2 Å². The van der Waals surface area contributed by atoms with E-state index in [9.17, 15) is 13.2 Å². The zero-order chi connectivity index (χ0) is 19.8. The fourth-order valence-electron chi connectivity index (χ4n) is 3.53. The number of fused-ring (bicyclic) bond motifs is 1. The summed E-state index contributed by atoms with van der Waals surface area (Å²) in [7, 11) is 0. The van der Waals surface area contributed by atoms with Gasteiger partial charge in [-0.3, -0.25) is 0 Å². The van der Waals surface area contributed by atoms with Gasteiger partial charge in [0.05, 0.1) is 24.7 Å². The third-order valence-electron chi connectivity index (χ3n) is 5.01. The number of halogens is 3. The molecule has 1 aromatic heterocycles. The van der Waals surface area contributed by atoms with E-state index in [-0.39, 0.29) is 18.5 Å². The van der Waals surface area contributed by atoms with Crippen molar-refractivity contribution < 1.29 is 13.2 Å². The average Bonchev–Trinajstić information content (AvgIpc) is 3.03. The van der Waals surface area contributed by atoms with Crippen LogP contribution in [0.4, 0.5) is 24.8 Å². The third-order valence-corrected chi connectivity index (χ3v) is 5.01. The molecule has 0 amide bonds. The van der Waals surface area contributed by atoms with Crippen LogP contribution in [0.3, 0.4) is 0 Å². The molecule has 0 aliphatic carbocycles. The maximum absolute atomic E-state index is 14.3. The van der Waals surface area contributed by atoms with Crippen molar-refractivity contribution in [2.75, 3.05) is 18.0 Å². The summed E-state index contributed by atoms with van der Waals surface area (Å²) >= 11 is 0. The Bertz CT molecular complexity index is 1050. The zero-order valence-electron chi connectivity index (χ0n) is 14.9. The lowest BCUT2D eigenvalue weighted by Gasteiger charge is -2.34. The van der Waals surface area contributed by atoms with Crippen LogP contribution >= 0.6 is 0 Å². The smallest absolute Gasteiger partial charge is 0.207 e. The highest BCUT2D eigenvalue weighted by Crippen LogP contribution is 2.29. The van der Waals surface area contributed by atoms with Crippen molar-refractivity contribution in [1.82, 2.24) is 9.55 Å². The lowest BCUT2D eigenvalue weighted by atomic mass is 10.1. The van der Waals surface area contributed by atoms with Crippen LogP contribution in [0.1, 0.15) is 12.0 Å². The molecule has 0 spiro atoms. The maximum Gasteiger partial charge on any atom is 0.207 e. The van der Waals surface area contributed by atoms with Crippen molar-refractivity contribution in [3.63, 3.8) is 0 Å². The predicted octanol–water partition coefficient (Wildman–Crippen LogP) is 3.79. The number of nitrogens with two attached hydrogens (primary N) is 1. The van der Waals surface area contributed by atoms with Gasteiger partial charge in [-0.25, -0.2) is 23.0 Å². The zero-order valence-corrected chi connectivity index (χ0v) is 14.9. The van der Waals surface area contributed by atoms with Gasteiger partial charge in [0.2, 0.25) is 5.95 Å². The molecule has 1 saturated heterocycles. The van der Waals surface area contributed by atoms with Crippen LogP contribution in [0.25, 0.3) is 15.9 Å². The molecule has 8 heteroatoms. The first kappa shape index (κ1) is 18.3. The van der Waals surface area contributed by atoms with Gasteiger partial charge in [-0.1, -0.05) is 24.3 Å². The van der Waals surface area contributed by atoms with Crippen molar-refractivity contribution in [3.8, 4) is 0 Å². The molecule has 3 aromatic rings. The molecule has 2 heterocycles. The summed E-state index contributed by atoms with van der Waals surface area (Å²) in [6.45, 7) is 7.98. The normalized spacial score (nSPS) is 19.8. The van der Waals surface area contributed by atoms with Gasteiger partial charge in [0.15, 0.2) is 11.5 Å². The van der Waals surface area contributed by atoms with Crippen LogP contribution in [-0.4, -0.2) is 34.9 Å². The number of hydrogen-bond donors (Lipinski definition) is 1. The number of nitrogens with zero attached hydrogens (tertiary/aromatic N) is 4. The molecule has 144 valence electrons. The summed E-state index contributed by atoms with van der Waals surface area (Å²) in [5, 5.41) is 0. The fourth-order valence-corrected chi connectivity index (χ4v) is 3.53. The first-order valence-electron chi connectivity index (χ1n) is 8.92. The molecule has 1 aliphatic heterocycles. The molecule has 4 rings (SSSR count). The first-order valence-corrected chi connectivity index (χ1v) is 8.92. The number of benzene rings is 2. The minimum Gasteiger partial charge on any atom is -0.340 e. The molecule has 0 saturated carbocycles. The molecule has 0 bridgehead atoms. The summed E-state index contributed by atoms with van der Waals surface area (Å²) in [5.74, 6) is -1.01. The van der Waals surface area contributed by atoms with Gasteiger partial charge in [-0.15, -0.1) is 0 Å². The molecular formula is C20H18F3N5. The van der Waals surface area contributed by atoms with Gasteiger partial charge < -0.3 is 15.2 Å². The summed E-state index contributed by atoms with van der Waals surface area (Å²) in [5.41, 5.74) is 7.61. The van der Waals surface area contributed by atoms with E-state index in [1.807, 2.05) is 4.90 Å². The minimum absolute atomic E-state index is 0.0603. The molecular weight excluding hydrogens is 367 g/mol. The quantitative estimate of drug-likeness (QED) is 0.698. The molecule has 2 atom stereocenters. The van der Waals surface area contributed by atoms with Gasteiger partial charge in [0.25, 0.3) is 0 Å². The minimum atomic E-state index is -1.09. The van der Waals surface area contributed by atoms with Gasteiger partial charge in [-0.05, 0) is 12.0 Å². The molecule has 2 N–H and O–H groups in total. The standard InChI is InChI=1S/C20H18F3N5/c1-25-14-4-2-12(3-5-14)10-28-18-9-13(21)8-16(23)19(18)26-20(28)27-7-6-15(22)17(24)11-27/h2-5,8-9,15,17H,6-7,10-11,24H2/t15-,17-/m1/s1. The van der Waals surface area contributed by atoms with Crippen LogP contribution in [0.5, 0.6) is 0 Å². The lowest BCUT2D eigenvalue weighted by Crippen LogP contribution is -2.50. The van der Waals surface area contributed by atoms with Crippen molar-refractivity contribution in [2.45, 2.75) is 25.2 Å². The number of piperidine rings is 1. The van der Waals surface area contributed by atoms with Crippen LogP contribution in [-0.2, 0) is 6.54 Å². The number of alkyl halides is 1. The Morgan fingerprint density at radius 3 is 2.64 bits per heavy atom. The second kappa shape index (κ2) is 7.17. The fraction of sp³-hybridized carbons (Fsp3) is 0.300. The molecule has 1 fully saturated rings. The molecule has 1 aliphatic rings. The lowest BCUT2D eigenvalue weighted by molar-refractivity contribution is 0.243. The largest absolute Gasteiger partial charge is 0.340 e. The SMILES string of the molecule is [C-]#[N+]c1ccc(Cn2c(N3CC[C@@H](F)[C@H](N)C3)nc3c(F)cc(F)cc32)cc1. The Hall–Kier alpha value is -3.05. The van der Waals surface area contributed by atoms with Gasteiger partial charge in [-0.2, -0.15) is 0 Å². The summed E-state index contributed by atoms with van der Waals surface area (Å²) in [4.78, 5) is 9.56. The Kier molecular flexibility index (Phi) is 4.69. The number of imidazole rings is 1. The topological polar surface area (TPSA) is 51.4 Å². The van der Waals surface area contributed by atoms with Crippen molar-refractivity contribution in [1.29, 1.82) is 0 Å². The number of rotatable bonds is 3. The first-order chi connectivity index (χ1) is 13.5. The van der Waals surface area contributed by atoms with E-state index >= 15 is 0 Å². The summed E-state index contributed by atoms with van der Waals surface area (Å²) < 4.78 is 43.7. The molecule has 0 radical (unpaired) electrons. The van der Waals surface area contributed by atoms with E-state index in [1.165, 1.54) is 6.07 Å². The van der Waals surface area contributed by atoms with Crippen LogP contribution in [0, 0.1) is 18.2 Å². The highest BCUT2D eigenvalue weighted by molar-refractivity contribution is 5.80. The summed E-state index contributed by atoms with van der Waals surface area (Å²) in [6.07, 6.45) is -0.842. The van der Waals surface area contributed by atoms with Gasteiger partial charge in [0, 0.05) is 25.2 Å². The van der Waals surface area contributed by atoms with Gasteiger partial charge in [0.1, 0.15) is 17.5 Å². The van der Waals surface area contributed by atoms with Crippen LogP contribution in [0.15, 0.2) is 36.4 Å². The van der Waals surface area contributed by atoms with E-state index in [2.05, 4.69) is 9.83 Å². The molecule has 5 nitrogen and oxygen atoms in total. The van der Waals surface area contributed by atoms with Crippen molar-refractivity contribution in [2.24, 2.45) is 5.73 Å². The number of hydrogen-bond acceptors (Lipinski definition) is 3. The van der Waals surface area contributed by atoms with E-state index < -0.39 is 23.8 Å². The average molecular weight is 385 g/mol. The second-order valence-corrected chi connectivity index (χ2v) is 6.95. The Morgan fingerprint density at radius 1 is 1.21 bits per heavy atom. The highest BCUT2D eigenvalue weighted by Gasteiger charge is 2.29. The van der Waals surface area contributed by atoms with E-state index in [4.69, 9.17) is 12.3 Å². The number of anilines is 1. The number of aromatic nitrogens is 2. The molecule has 2 aromatic carbocycles. The van der Waals surface area contributed by atoms with Crippen molar-refractivity contribution >= 4 is 22.7 Å². The van der Waals surface area contributed by atoms with Gasteiger partial charge >= 0.3 is 0 Å². The van der Waals surface area contributed by atoms with Crippen molar-refractivity contribution in [3.05, 3.63) is 65.0 Å². The molecule has 0 unspecified atom stereocenters. The van der Waals surface area contributed by atoms with E-state index in [0.717, 1.165) is 11.6 Å². The highest BCUT2D eigenvalue weighted by atomic mass is 19.1. The van der Waals surface area contributed by atoms with Crippen LogP contribution in [0.2, 0.25) is 0 Å². The van der Waals surface area contributed by atoms with Crippen LogP contribution < -0.4 is 10.6 Å². The second-order valence-electron chi connectivity index (χ2n) is 6.95. The Labute approximate surface area is 160 Å². The Morgan fingerprint density at radius 2 is 1.96 bits per heavy atom. The summed E-state index contributed by atoms with van der Waals surface area (Å²) in [6, 6.07) is 8.33. The van der Waals surface area contributed by atoms with E-state index in [1.54, 1.807) is 28.8 Å². The maximum atomic E-state index is 14.3. The third kappa shape index (κ3) is 3.29. The molecule has 28 heavy (non-hydrogen) atoms. The Balaban J connectivity index is 1.80. The predicted molar refractivity (Wildman–Crippen MR) is 101 cm³/mol. The monoisotopic (exact) mass is 385 g/mol.